The second-order valence-corrected chi connectivity index (χ2v) is 11.1. The summed E-state index contributed by atoms with van der Waals surface area (Å²) in [5.74, 6) is 0.334. The van der Waals surface area contributed by atoms with E-state index in [4.69, 9.17) is 11.6 Å². The SMILES string of the molecule is C=C1NC(=O)CS/C1=C/C(Cl)=C(\C)CNC1CCN(CC2Cn3c(=O)ccc4ccc(=O)n2c43)CC1. The Bertz CT molecular complexity index is 1400. The molecule has 5 heterocycles. The first-order valence-electron chi connectivity index (χ1n) is 12.2. The summed E-state index contributed by atoms with van der Waals surface area (Å²) in [5, 5.41) is 7.95. The number of rotatable bonds is 6. The van der Waals surface area contributed by atoms with Crippen LogP contribution in [0.5, 0.6) is 0 Å². The summed E-state index contributed by atoms with van der Waals surface area (Å²) in [5.41, 5.74) is 2.27. The third-order valence-electron chi connectivity index (χ3n) is 7.14. The van der Waals surface area contributed by atoms with Crippen molar-refractivity contribution in [2.24, 2.45) is 0 Å². The zero-order chi connectivity index (χ0) is 25.4. The largest absolute Gasteiger partial charge is 0.325 e. The van der Waals surface area contributed by atoms with Crippen LogP contribution in [0.4, 0.5) is 0 Å². The minimum absolute atomic E-state index is 0.0324. The predicted molar refractivity (Wildman–Crippen MR) is 145 cm³/mol. The molecule has 2 fully saturated rings. The van der Waals surface area contributed by atoms with Gasteiger partial charge in [-0.3, -0.25) is 23.5 Å². The maximum absolute atomic E-state index is 12.7. The van der Waals surface area contributed by atoms with E-state index in [1.165, 1.54) is 11.8 Å². The Morgan fingerprint density at radius 3 is 2.64 bits per heavy atom. The van der Waals surface area contributed by atoms with Crippen LogP contribution in [0.15, 0.2) is 67.7 Å². The van der Waals surface area contributed by atoms with Crippen LogP contribution in [0.3, 0.4) is 0 Å². The molecular formula is C26H30ClN5O3S. The van der Waals surface area contributed by atoms with Crippen LogP contribution >= 0.6 is 23.4 Å². The van der Waals surface area contributed by atoms with E-state index in [0.29, 0.717) is 35.6 Å². The third-order valence-corrected chi connectivity index (χ3v) is 8.65. The molecule has 1 unspecified atom stereocenters. The van der Waals surface area contributed by atoms with Gasteiger partial charge in [-0.2, -0.15) is 0 Å². The van der Waals surface area contributed by atoms with E-state index >= 15 is 0 Å². The van der Waals surface area contributed by atoms with E-state index in [2.05, 4.69) is 22.1 Å². The molecule has 190 valence electrons. The lowest BCUT2D eigenvalue weighted by Crippen LogP contribution is -2.45. The number of carbonyl (C=O) groups is 1. The quantitative estimate of drug-likeness (QED) is 0.600. The summed E-state index contributed by atoms with van der Waals surface area (Å²) >= 11 is 7.98. The number of amides is 1. The van der Waals surface area contributed by atoms with E-state index < -0.39 is 0 Å². The number of pyridine rings is 2. The Labute approximate surface area is 218 Å². The van der Waals surface area contributed by atoms with Crippen molar-refractivity contribution in [3.8, 4) is 0 Å². The van der Waals surface area contributed by atoms with Gasteiger partial charge in [0.15, 0.2) is 0 Å². The highest BCUT2D eigenvalue weighted by atomic mass is 35.5. The van der Waals surface area contributed by atoms with Crippen LogP contribution in [0.25, 0.3) is 11.0 Å². The fraction of sp³-hybridized carbons (Fsp3) is 0.423. The van der Waals surface area contributed by atoms with Gasteiger partial charge in [0.1, 0.15) is 5.65 Å². The minimum atomic E-state index is -0.0545. The number of likely N-dealkylation sites (tertiary alicyclic amines) is 1. The van der Waals surface area contributed by atoms with Gasteiger partial charge in [0, 0.05) is 58.8 Å². The molecule has 5 rings (SSSR count). The molecule has 0 aliphatic carbocycles. The number of allylic oxidation sites excluding steroid dienone is 2. The van der Waals surface area contributed by atoms with Gasteiger partial charge < -0.3 is 15.5 Å². The lowest BCUT2D eigenvalue weighted by atomic mass is 10.0. The second kappa shape index (κ2) is 10.4. The van der Waals surface area contributed by atoms with Gasteiger partial charge in [0.05, 0.1) is 11.8 Å². The van der Waals surface area contributed by atoms with Crippen LogP contribution in [0.2, 0.25) is 0 Å². The van der Waals surface area contributed by atoms with Crippen LogP contribution < -0.4 is 21.8 Å². The van der Waals surface area contributed by atoms with Crippen molar-refractivity contribution in [3.05, 3.63) is 78.8 Å². The number of hydrogen-bond donors (Lipinski definition) is 2. The van der Waals surface area contributed by atoms with Gasteiger partial charge in [-0.05, 0) is 56.6 Å². The molecule has 36 heavy (non-hydrogen) atoms. The summed E-state index contributed by atoms with van der Waals surface area (Å²) < 4.78 is 3.54. The van der Waals surface area contributed by atoms with E-state index in [-0.39, 0.29) is 23.1 Å². The highest BCUT2D eigenvalue weighted by Crippen LogP contribution is 2.29. The minimum Gasteiger partial charge on any atom is -0.325 e. The Morgan fingerprint density at radius 2 is 1.92 bits per heavy atom. The first kappa shape index (κ1) is 25.1. The number of nitrogens with one attached hydrogen (secondary N) is 2. The number of thioether (sulfide) groups is 1. The molecule has 0 aromatic carbocycles. The van der Waals surface area contributed by atoms with Crippen molar-refractivity contribution in [1.82, 2.24) is 24.7 Å². The number of nitrogens with zero attached hydrogens (tertiary/aromatic N) is 3. The Balaban J connectivity index is 1.15. The third kappa shape index (κ3) is 5.11. The Kier molecular flexibility index (Phi) is 7.25. The maximum Gasteiger partial charge on any atom is 0.252 e. The van der Waals surface area contributed by atoms with Gasteiger partial charge >= 0.3 is 0 Å². The van der Waals surface area contributed by atoms with E-state index in [1.54, 1.807) is 33.4 Å². The lowest BCUT2D eigenvalue weighted by Gasteiger charge is -2.34. The Hall–Kier alpha value is -2.59. The smallest absolute Gasteiger partial charge is 0.252 e. The zero-order valence-corrected chi connectivity index (χ0v) is 21.8. The number of halogens is 1. The van der Waals surface area contributed by atoms with Crippen molar-refractivity contribution < 1.29 is 4.79 Å². The molecule has 2 saturated heterocycles. The summed E-state index contributed by atoms with van der Waals surface area (Å²) in [6.45, 7) is 9.75. The average Bonchev–Trinajstić information content (AvgIpc) is 3.25. The molecule has 0 bridgehead atoms. The number of piperidine rings is 1. The predicted octanol–water partition coefficient (Wildman–Crippen LogP) is 2.55. The van der Waals surface area contributed by atoms with Crippen molar-refractivity contribution in [1.29, 1.82) is 0 Å². The molecule has 10 heteroatoms. The summed E-state index contributed by atoms with van der Waals surface area (Å²) in [7, 11) is 0. The molecule has 3 aliphatic rings. The summed E-state index contributed by atoms with van der Waals surface area (Å²) in [4.78, 5) is 39.8. The molecule has 3 aliphatic heterocycles. The highest BCUT2D eigenvalue weighted by Gasteiger charge is 2.29. The maximum atomic E-state index is 12.7. The normalized spacial score (nSPS) is 22.8. The first-order valence-corrected chi connectivity index (χ1v) is 13.6. The molecule has 2 N–H and O–H groups in total. The van der Waals surface area contributed by atoms with Crippen LogP contribution in [0, 0.1) is 0 Å². The lowest BCUT2D eigenvalue weighted by molar-refractivity contribution is -0.117. The fourth-order valence-corrected chi connectivity index (χ4v) is 6.18. The van der Waals surface area contributed by atoms with Gasteiger partial charge in [-0.15, -0.1) is 11.8 Å². The summed E-state index contributed by atoms with van der Waals surface area (Å²) in [6.07, 6.45) is 3.88. The molecule has 8 nitrogen and oxygen atoms in total. The number of aromatic nitrogens is 2. The standard InChI is InChI=1S/C26H30ClN5O3S/c1-16(21(27)11-22-17(2)29-23(33)15-36-22)12-28-19-7-9-30(10-8-19)13-20-14-31-24(34)5-3-18-4-6-25(35)32(20)26(18)31/h3-6,11,19-20,28H,2,7-10,12-15H2,1H3,(H,29,33)/b21-16-,22-11+. The van der Waals surface area contributed by atoms with Crippen molar-refractivity contribution in [2.45, 2.75) is 38.4 Å². The van der Waals surface area contributed by atoms with Gasteiger partial charge in [0.25, 0.3) is 11.1 Å². The molecular weight excluding hydrogens is 498 g/mol. The number of hydrogen-bond acceptors (Lipinski definition) is 6. The van der Waals surface area contributed by atoms with Crippen molar-refractivity contribution in [3.63, 3.8) is 0 Å². The fourth-order valence-electron chi connectivity index (χ4n) is 5.15. The molecule has 1 atom stereocenters. The molecule has 2 aromatic heterocycles. The van der Waals surface area contributed by atoms with Crippen molar-refractivity contribution in [2.75, 3.05) is 31.9 Å². The monoisotopic (exact) mass is 527 g/mol. The van der Waals surface area contributed by atoms with E-state index in [9.17, 15) is 14.4 Å². The summed E-state index contributed by atoms with van der Waals surface area (Å²) in [6, 6.07) is 7.13. The van der Waals surface area contributed by atoms with E-state index in [0.717, 1.165) is 54.0 Å². The molecule has 1 amide bonds. The second-order valence-electron chi connectivity index (χ2n) is 9.66. The van der Waals surface area contributed by atoms with Crippen LogP contribution in [-0.4, -0.2) is 57.9 Å². The average molecular weight is 528 g/mol. The van der Waals surface area contributed by atoms with E-state index in [1.807, 2.05) is 13.0 Å². The van der Waals surface area contributed by atoms with Crippen molar-refractivity contribution >= 4 is 40.3 Å². The molecule has 0 spiro atoms. The molecule has 0 saturated carbocycles. The Morgan fingerprint density at radius 1 is 1.19 bits per heavy atom. The van der Waals surface area contributed by atoms with Crippen LogP contribution in [-0.2, 0) is 11.3 Å². The molecule has 2 aromatic rings. The highest BCUT2D eigenvalue weighted by molar-refractivity contribution is 8.04. The van der Waals surface area contributed by atoms with Gasteiger partial charge in [-0.25, -0.2) is 0 Å². The number of carbonyl (C=O) groups excluding carboxylic acids is 1. The van der Waals surface area contributed by atoms with Gasteiger partial charge in [-0.1, -0.05) is 18.2 Å². The van der Waals surface area contributed by atoms with Crippen LogP contribution in [0.1, 0.15) is 25.8 Å². The first-order chi connectivity index (χ1) is 17.3. The van der Waals surface area contributed by atoms with Gasteiger partial charge in [0.2, 0.25) is 5.91 Å². The topological polar surface area (TPSA) is 88.4 Å². The zero-order valence-electron chi connectivity index (χ0n) is 20.3. The molecule has 0 radical (unpaired) electrons.